The van der Waals surface area contributed by atoms with E-state index in [0.717, 1.165) is 37.8 Å². The smallest absolute Gasteiger partial charge is 0.158 e. The largest absolute Gasteiger partial charge is 0.330 e. The van der Waals surface area contributed by atoms with Gasteiger partial charge in [0.15, 0.2) is 5.78 Å². The molecule has 0 aromatic carbocycles. The molecule has 0 aliphatic heterocycles. The summed E-state index contributed by atoms with van der Waals surface area (Å²) in [6.45, 7) is 5.21. The van der Waals surface area contributed by atoms with Gasteiger partial charge in [-0.25, -0.2) is 0 Å². The van der Waals surface area contributed by atoms with Crippen LogP contribution in [0.5, 0.6) is 0 Å². The third-order valence-corrected chi connectivity index (χ3v) is 4.37. The van der Waals surface area contributed by atoms with E-state index < -0.39 is 0 Å². The lowest BCUT2D eigenvalue weighted by Crippen LogP contribution is -2.16. The number of hydrogen-bond acceptors (Lipinski definition) is 2. The van der Waals surface area contributed by atoms with Gasteiger partial charge in [0, 0.05) is 6.42 Å². The summed E-state index contributed by atoms with van der Waals surface area (Å²) in [6.07, 6.45) is 12.1. The Morgan fingerprint density at radius 2 is 1.95 bits per heavy atom. The van der Waals surface area contributed by atoms with E-state index in [2.05, 4.69) is 19.9 Å². The van der Waals surface area contributed by atoms with Crippen LogP contribution in [0.25, 0.3) is 0 Å². The average Bonchev–Trinajstić information content (AvgIpc) is 2.33. The first-order valence-electron chi connectivity index (χ1n) is 8.07. The zero-order chi connectivity index (χ0) is 14.1. The first-order chi connectivity index (χ1) is 9.15. The molecule has 2 heteroatoms. The summed E-state index contributed by atoms with van der Waals surface area (Å²) < 4.78 is 0. The van der Waals surface area contributed by atoms with Crippen molar-refractivity contribution < 1.29 is 4.79 Å². The second-order valence-electron chi connectivity index (χ2n) is 6.23. The number of Topliss-reactive ketones (excluding diaryl/α,β-unsaturated/α-hetero) is 1. The van der Waals surface area contributed by atoms with Crippen molar-refractivity contribution in [3.05, 3.63) is 11.6 Å². The van der Waals surface area contributed by atoms with Crippen molar-refractivity contribution in [2.24, 2.45) is 17.6 Å². The Kier molecular flexibility index (Phi) is 8.04. The number of ketones is 1. The zero-order valence-corrected chi connectivity index (χ0v) is 12.8. The van der Waals surface area contributed by atoms with Crippen LogP contribution in [0.15, 0.2) is 11.6 Å². The third-order valence-electron chi connectivity index (χ3n) is 4.37. The summed E-state index contributed by atoms with van der Waals surface area (Å²) in [5.41, 5.74) is 6.76. The number of nitrogens with two attached hydrogens (primary N) is 1. The summed E-state index contributed by atoms with van der Waals surface area (Å²) in [6, 6.07) is 0. The summed E-state index contributed by atoms with van der Waals surface area (Å²) in [5, 5.41) is 0. The Bertz CT molecular complexity index is 294. The van der Waals surface area contributed by atoms with Crippen molar-refractivity contribution in [2.75, 3.05) is 6.54 Å². The molecule has 1 unspecified atom stereocenters. The van der Waals surface area contributed by atoms with Crippen molar-refractivity contribution >= 4 is 5.78 Å². The van der Waals surface area contributed by atoms with E-state index in [4.69, 9.17) is 5.73 Å². The molecule has 0 saturated heterocycles. The summed E-state index contributed by atoms with van der Waals surface area (Å²) in [5.74, 6) is 1.62. The van der Waals surface area contributed by atoms with Gasteiger partial charge in [-0.3, -0.25) is 4.79 Å². The average molecular weight is 265 g/mol. The van der Waals surface area contributed by atoms with E-state index in [1.165, 1.54) is 25.7 Å². The maximum atomic E-state index is 12.3. The number of rotatable bonds is 7. The standard InChI is InChI=1S/C17H31NO/c1-14(2)15(12-13-18)10-11-17(19)16-8-6-4-3-5-7-9-16/h8,14-15H,3-7,9-13,18H2,1-2H3. The van der Waals surface area contributed by atoms with Crippen LogP contribution in [-0.2, 0) is 4.79 Å². The highest BCUT2D eigenvalue weighted by Gasteiger charge is 2.16. The van der Waals surface area contributed by atoms with Crippen LogP contribution < -0.4 is 5.73 Å². The van der Waals surface area contributed by atoms with Crippen molar-refractivity contribution in [3.63, 3.8) is 0 Å². The molecular formula is C17H31NO. The predicted molar refractivity (Wildman–Crippen MR) is 82.0 cm³/mol. The minimum absolute atomic E-state index is 0.393. The fourth-order valence-corrected chi connectivity index (χ4v) is 2.95. The first-order valence-corrected chi connectivity index (χ1v) is 8.07. The Labute approximate surface area is 118 Å². The Morgan fingerprint density at radius 3 is 2.63 bits per heavy atom. The van der Waals surface area contributed by atoms with Gasteiger partial charge in [0.05, 0.1) is 0 Å². The molecule has 110 valence electrons. The van der Waals surface area contributed by atoms with Gasteiger partial charge in [-0.15, -0.1) is 0 Å². The second-order valence-corrected chi connectivity index (χ2v) is 6.23. The van der Waals surface area contributed by atoms with Crippen LogP contribution in [-0.4, -0.2) is 12.3 Å². The predicted octanol–water partition coefficient (Wildman–Crippen LogP) is 4.24. The summed E-state index contributed by atoms with van der Waals surface area (Å²) >= 11 is 0. The highest BCUT2D eigenvalue weighted by atomic mass is 16.1. The van der Waals surface area contributed by atoms with Crippen molar-refractivity contribution in [1.29, 1.82) is 0 Å². The van der Waals surface area contributed by atoms with Crippen LogP contribution in [0, 0.1) is 11.8 Å². The molecule has 0 bridgehead atoms. The van der Waals surface area contributed by atoms with Crippen molar-refractivity contribution in [2.45, 2.75) is 71.6 Å². The zero-order valence-electron chi connectivity index (χ0n) is 12.8. The lowest BCUT2D eigenvalue weighted by Gasteiger charge is -2.20. The molecular weight excluding hydrogens is 234 g/mol. The molecule has 0 radical (unpaired) electrons. The fourth-order valence-electron chi connectivity index (χ4n) is 2.95. The molecule has 0 spiro atoms. The second kappa shape index (κ2) is 9.30. The highest BCUT2D eigenvalue weighted by molar-refractivity contribution is 5.95. The summed E-state index contributed by atoms with van der Waals surface area (Å²) in [7, 11) is 0. The molecule has 0 aromatic rings. The maximum absolute atomic E-state index is 12.3. The molecule has 0 aromatic heterocycles. The van der Waals surface area contributed by atoms with Gasteiger partial charge in [-0.05, 0) is 62.5 Å². The SMILES string of the molecule is CC(C)C(CCN)CCC(=O)C1=CCCCCCC1. The number of allylic oxidation sites excluding steroid dienone is 2. The molecule has 0 amide bonds. The van der Waals surface area contributed by atoms with Gasteiger partial charge in [0.2, 0.25) is 0 Å². The normalized spacial score (nSPS) is 18.6. The molecule has 0 heterocycles. The quantitative estimate of drug-likeness (QED) is 0.748. The van der Waals surface area contributed by atoms with Crippen LogP contribution in [0.3, 0.4) is 0 Å². The van der Waals surface area contributed by atoms with Crippen molar-refractivity contribution in [3.8, 4) is 0 Å². The maximum Gasteiger partial charge on any atom is 0.158 e. The van der Waals surface area contributed by atoms with Crippen LogP contribution in [0.4, 0.5) is 0 Å². The molecule has 1 aliphatic carbocycles. The van der Waals surface area contributed by atoms with Gasteiger partial charge < -0.3 is 5.73 Å². The van der Waals surface area contributed by atoms with Gasteiger partial charge in [-0.2, -0.15) is 0 Å². The highest BCUT2D eigenvalue weighted by Crippen LogP contribution is 2.24. The molecule has 0 fully saturated rings. The molecule has 2 nitrogen and oxygen atoms in total. The molecule has 19 heavy (non-hydrogen) atoms. The van der Waals surface area contributed by atoms with E-state index in [0.29, 0.717) is 24.0 Å². The Balaban J connectivity index is 2.43. The number of carbonyl (C=O) groups is 1. The Morgan fingerprint density at radius 1 is 1.21 bits per heavy atom. The molecule has 2 N–H and O–H groups in total. The van der Waals surface area contributed by atoms with E-state index in [1.807, 2.05) is 0 Å². The first kappa shape index (κ1) is 16.4. The lowest BCUT2D eigenvalue weighted by molar-refractivity contribution is -0.116. The number of hydrogen-bond donors (Lipinski definition) is 1. The van der Waals surface area contributed by atoms with Gasteiger partial charge in [0.1, 0.15) is 0 Å². The fraction of sp³-hybridized carbons (Fsp3) is 0.824. The molecule has 1 aliphatic rings. The van der Waals surface area contributed by atoms with Crippen LogP contribution in [0.2, 0.25) is 0 Å². The number of carbonyl (C=O) groups excluding carboxylic acids is 1. The van der Waals surface area contributed by atoms with Crippen molar-refractivity contribution in [1.82, 2.24) is 0 Å². The van der Waals surface area contributed by atoms with E-state index in [9.17, 15) is 4.79 Å². The summed E-state index contributed by atoms with van der Waals surface area (Å²) in [4.78, 5) is 12.3. The third kappa shape index (κ3) is 6.38. The van der Waals surface area contributed by atoms with E-state index in [1.54, 1.807) is 0 Å². The van der Waals surface area contributed by atoms with Gasteiger partial charge in [-0.1, -0.05) is 32.8 Å². The minimum atomic E-state index is 0.393. The topological polar surface area (TPSA) is 43.1 Å². The van der Waals surface area contributed by atoms with Gasteiger partial charge in [0.25, 0.3) is 0 Å². The monoisotopic (exact) mass is 265 g/mol. The van der Waals surface area contributed by atoms with E-state index >= 15 is 0 Å². The van der Waals surface area contributed by atoms with Gasteiger partial charge >= 0.3 is 0 Å². The molecule has 1 atom stereocenters. The Hall–Kier alpha value is -0.630. The minimum Gasteiger partial charge on any atom is -0.330 e. The molecule has 1 rings (SSSR count). The van der Waals surface area contributed by atoms with E-state index in [-0.39, 0.29) is 0 Å². The van der Waals surface area contributed by atoms with Crippen LogP contribution >= 0.6 is 0 Å². The van der Waals surface area contributed by atoms with Crippen LogP contribution in [0.1, 0.15) is 71.6 Å². The molecule has 0 saturated carbocycles. The lowest BCUT2D eigenvalue weighted by atomic mass is 9.86.